The number of hydrogen-bond donors (Lipinski definition) is 1. The highest BCUT2D eigenvalue weighted by Crippen LogP contribution is 2.32. The average molecular weight is 354 g/mol. The zero-order valence-electron chi connectivity index (χ0n) is 11.9. The van der Waals surface area contributed by atoms with Gasteiger partial charge in [0.15, 0.2) is 11.6 Å². The van der Waals surface area contributed by atoms with Crippen LogP contribution in [0.3, 0.4) is 0 Å². The van der Waals surface area contributed by atoms with Crippen molar-refractivity contribution in [1.82, 2.24) is 0 Å². The van der Waals surface area contributed by atoms with Crippen molar-refractivity contribution < 1.29 is 13.9 Å². The molecule has 0 aliphatic heterocycles. The minimum atomic E-state index is -0.482. The van der Waals surface area contributed by atoms with Gasteiger partial charge in [0, 0.05) is 10.0 Å². The van der Waals surface area contributed by atoms with E-state index >= 15 is 0 Å². The molecular weight excluding hydrogens is 337 g/mol. The molecule has 112 valence electrons. The van der Waals surface area contributed by atoms with E-state index in [0.29, 0.717) is 17.9 Å². The van der Waals surface area contributed by atoms with Gasteiger partial charge in [-0.25, -0.2) is 4.39 Å². The van der Waals surface area contributed by atoms with E-state index in [9.17, 15) is 4.39 Å². The quantitative estimate of drug-likeness (QED) is 0.881. The van der Waals surface area contributed by atoms with Gasteiger partial charge >= 0.3 is 0 Å². The molecule has 2 aromatic carbocycles. The summed E-state index contributed by atoms with van der Waals surface area (Å²) in [6, 6.07) is 9.85. The fraction of sp³-hybridized carbons (Fsp3) is 0.250. The van der Waals surface area contributed by atoms with Gasteiger partial charge in [-0.1, -0.05) is 22.0 Å². The zero-order chi connectivity index (χ0) is 15.4. The van der Waals surface area contributed by atoms with Crippen LogP contribution >= 0.6 is 15.9 Å². The predicted molar refractivity (Wildman–Crippen MR) is 84.3 cm³/mol. The summed E-state index contributed by atoms with van der Waals surface area (Å²) >= 11 is 3.42. The molecule has 0 heterocycles. The molecular formula is C16H17BrFNO2. The van der Waals surface area contributed by atoms with Crippen LogP contribution in [-0.2, 0) is 0 Å². The van der Waals surface area contributed by atoms with Gasteiger partial charge in [-0.2, -0.15) is 0 Å². The summed E-state index contributed by atoms with van der Waals surface area (Å²) in [5.41, 5.74) is 7.73. The van der Waals surface area contributed by atoms with Crippen molar-refractivity contribution in [2.24, 2.45) is 5.73 Å². The van der Waals surface area contributed by atoms with E-state index in [2.05, 4.69) is 15.9 Å². The van der Waals surface area contributed by atoms with Crippen molar-refractivity contribution in [3.8, 4) is 11.5 Å². The third kappa shape index (κ3) is 3.54. The van der Waals surface area contributed by atoms with Gasteiger partial charge < -0.3 is 15.2 Å². The lowest BCUT2D eigenvalue weighted by atomic mass is 9.98. The number of benzene rings is 2. The molecule has 0 saturated carbocycles. The number of nitrogens with two attached hydrogens (primary N) is 1. The van der Waals surface area contributed by atoms with Crippen LogP contribution in [0.4, 0.5) is 4.39 Å². The summed E-state index contributed by atoms with van der Waals surface area (Å²) in [6.07, 6.45) is 0. The van der Waals surface area contributed by atoms with E-state index in [1.165, 1.54) is 13.2 Å². The lowest BCUT2D eigenvalue weighted by Crippen LogP contribution is -2.14. The molecule has 0 saturated heterocycles. The normalized spacial score (nSPS) is 12.0. The Bertz CT molecular complexity index is 634. The molecule has 1 unspecified atom stereocenters. The largest absolute Gasteiger partial charge is 0.494 e. The maximum Gasteiger partial charge on any atom is 0.165 e. The highest BCUT2D eigenvalue weighted by Gasteiger charge is 2.16. The Hall–Kier alpha value is -1.59. The van der Waals surface area contributed by atoms with Crippen molar-refractivity contribution in [3.63, 3.8) is 0 Å². The Kier molecular flexibility index (Phi) is 5.20. The molecule has 3 nitrogen and oxygen atoms in total. The van der Waals surface area contributed by atoms with Gasteiger partial charge in [0.1, 0.15) is 5.75 Å². The molecule has 0 bridgehead atoms. The third-order valence-electron chi connectivity index (χ3n) is 3.14. The Morgan fingerprint density at radius 2 is 1.90 bits per heavy atom. The fourth-order valence-electron chi connectivity index (χ4n) is 2.10. The van der Waals surface area contributed by atoms with Crippen molar-refractivity contribution >= 4 is 15.9 Å². The third-order valence-corrected chi connectivity index (χ3v) is 3.63. The van der Waals surface area contributed by atoms with Crippen molar-refractivity contribution in [3.05, 3.63) is 57.8 Å². The van der Waals surface area contributed by atoms with E-state index in [4.69, 9.17) is 15.2 Å². The Balaban J connectivity index is 2.41. The van der Waals surface area contributed by atoms with E-state index in [1.54, 1.807) is 12.1 Å². The Labute approximate surface area is 132 Å². The second-order valence-electron chi connectivity index (χ2n) is 4.49. The monoisotopic (exact) mass is 353 g/mol. The molecule has 21 heavy (non-hydrogen) atoms. The average Bonchev–Trinajstić information content (AvgIpc) is 2.48. The van der Waals surface area contributed by atoms with Crippen LogP contribution in [0.1, 0.15) is 24.1 Å². The van der Waals surface area contributed by atoms with Gasteiger partial charge in [0.25, 0.3) is 0 Å². The molecule has 2 N–H and O–H groups in total. The molecule has 0 aromatic heterocycles. The number of halogens is 2. The highest BCUT2D eigenvalue weighted by molar-refractivity contribution is 9.10. The first-order chi connectivity index (χ1) is 10.1. The summed E-state index contributed by atoms with van der Waals surface area (Å²) in [6.45, 7) is 2.45. The first kappa shape index (κ1) is 15.8. The molecule has 0 aliphatic carbocycles. The zero-order valence-corrected chi connectivity index (χ0v) is 13.5. The summed E-state index contributed by atoms with van der Waals surface area (Å²) in [4.78, 5) is 0. The van der Waals surface area contributed by atoms with Crippen LogP contribution in [0.2, 0.25) is 0 Å². The van der Waals surface area contributed by atoms with Crippen LogP contribution in [0.25, 0.3) is 0 Å². The second-order valence-corrected chi connectivity index (χ2v) is 5.40. The smallest absolute Gasteiger partial charge is 0.165 e. The molecule has 1 atom stereocenters. The number of hydrogen-bond acceptors (Lipinski definition) is 3. The fourth-order valence-corrected chi connectivity index (χ4v) is 2.48. The maximum atomic E-state index is 13.8. The number of ether oxygens (including phenoxy) is 2. The van der Waals surface area contributed by atoms with Gasteiger partial charge in [0.2, 0.25) is 0 Å². The highest BCUT2D eigenvalue weighted by atomic mass is 79.9. The minimum absolute atomic E-state index is 0.199. The van der Waals surface area contributed by atoms with Crippen molar-refractivity contribution in [2.75, 3.05) is 13.7 Å². The molecule has 2 aromatic rings. The van der Waals surface area contributed by atoms with Crippen molar-refractivity contribution in [2.45, 2.75) is 13.0 Å². The lowest BCUT2D eigenvalue weighted by molar-refractivity contribution is 0.335. The van der Waals surface area contributed by atoms with Crippen LogP contribution in [-0.4, -0.2) is 13.7 Å². The van der Waals surface area contributed by atoms with E-state index in [1.807, 2.05) is 25.1 Å². The SMILES string of the molecule is CCOc1ccc(Br)cc1C(N)c1ccc(OC)c(F)c1. The van der Waals surface area contributed by atoms with Crippen LogP contribution < -0.4 is 15.2 Å². The molecule has 0 amide bonds. The lowest BCUT2D eigenvalue weighted by Gasteiger charge is -2.18. The van der Waals surface area contributed by atoms with Crippen LogP contribution in [0, 0.1) is 5.82 Å². The van der Waals surface area contributed by atoms with Crippen molar-refractivity contribution in [1.29, 1.82) is 0 Å². The first-order valence-electron chi connectivity index (χ1n) is 6.58. The summed E-state index contributed by atoms with van der Waals surface area (Å²) < 4.78 is 25.2. The minimum Gasteiger partial charge on any atom is -0.494 e. The van der Waals surface area contributed by atoms with Gasteiger partial charge in [-0.05, 0) is 42.8 Å². The second kappa shape index (κ2) is 6.91. The van der Waals surface area contributed by atoms with Crippen LogP contribution in [0.5, 0.6) is 11.5 Å². The predicted octanol–water partition coefficient (Wildman–Crippen LogP) is 4.04. The van der Waals surface area contributed by atoms with E-state index in [-0.39, 0.29) is 5.75 Å². The number of methoxy groups -OCH3 is 1. The van der Waals surface area contributed by atoms with Crippen LogP contribution in [0.15, 0.2) is 40.9 Å². The Morgan fingerprint density at radius 3 is 2.52 bits per heavy atom. The molecule has 0 fully saturated rings. The standard InChI is InChI=1S/C16H17BrFNO2/c1-3-21-14-7-5-11(17)9-12(14)16(19)10-4-6-15(20-2)13(18)8-10/h4-9,16H,3,19H2,1-2H3. The molecule has 2 rings (SSSR count). The summed E-state index contributed by atoms with van der Waals surface area (Å²) in [5, 5.41) is 0. The maximum absolute atomic E-state index is 13.8. The summed E-state index contributed by atoms with van der Waals surface area (Å²) in [7, 11) is 1.43. The molecule has 0 aliphatic rings. The van der Waals surface area contributed by atoms with Gasteiger partial charge in [-0.15, -0.1) is 0 Å². The molecule has 0 spiro atoms. The van der Waals surface area contributed by atoms with E-state index < -0.39 is 11.9 Å². The molecule has 5 heteroatoms. The van der Waals surface area contributed by atoms with Gasteiger partial charge in [0.05, 0.1) is 19.8 Å². The first-order valence-corrected chi connectivity index (χ1v) is 7.37. The van der Waals surface area contributed by atoms with Gasteiger partial charge in [-0.3, -0.25) is 0 Å². The molecule has 0 radical (unpaired) electrons. The Morgan fingerprint density at radius 1 is 1.19 bits per heavy atom. The summed E-state index contributed by atoms with van der Waals surface area (Å²) in [5.74, 6) is 0.466. The number of rotatable bonds is 5. The topological polar surface area (TPSA) is 44.5 Å². The van der Waals surface area contributed by atoms with E-state index in [0.717, 1.165) is 10.0 Å².